The zero-order valence-electron chi connectivity index (χ0n) is 16.7. The Morgan fingerprint density at radius 2 is 2.07 bits per heavy atom. The number of nitrogens with one attached hydrogen (secondary N) is 1. The summed E-state index contributed by atoms with van der Waals surface area (Å²) in [5, 5.41) is 0.603. The maximum Gasteiger partial charge on any atom is 0.259 e. The Morgan fingerprint density at radius 1 is 1.27 bits per heavy atom. The number of carbonyl (C=O) groups excluding carboxylic acids is 2. The molecule has 1 aromatic carbocycles. The average Bonchev–Trinajstić information content (AvgIpc) is 3.00. The van der Waals surface area contributed by atoms with Gasteiger partial charge in [-0.2, -0.15) is 0 Å². The first kappa shape index (κ1) is 20.2. The van der Waals surface area contributed by atoms with Gasteiger partial charge in [0, 0.05) is 36.5 Å². The number of rotatable bonds is 4. The summed E-state index contributed by atoms with van der Waals surface area (Å²) >= 11 is 1.47. The lowest BCUT2D eigenvalue weighted by atomic mass is 10.2. The van der Waals surface area contributed by atoms with Crippen LogP contribution in [0.25, 0.3) is 10.2 Å². The van der Waals surface area contributed by atoms with Crippen LogP contribution in [0.4, 0.5) is 10.1 Å². The molecule has 0 aliphatic carbocycles. The fourth-order valence-electron chi connectivity index (χ4n) is 3.60. The molecule has 0 radical (unpaired) electrons. The highest BCUT2D eigenvalue weighted by molar-refractivity contribution is 7.18. The molecule has 3 heterocycles. The minimum Gasteiger partial charge on any atom is -0.332 e. The zero-order valence-corrected chi connectivity index (χ0v) is 17.5. The van der Waals surface area contributed by atoms with Gasteiger partial charge in [-0.1, -0.05) is 6.07 Å². The van der Waals surface area contributed by atoms with Crippen molar-refractivity contribution in [1.29, 1.82) is 0 Å². The number of benzene rings is 1. The highest BCUT2D eigenvalue weighted by Gasteiger charge is 2.28. The van der Waals surface area contributed by atoms with Gasteiger partial charge in [-0.05, 0) is 37.6 Å². The van der Waals surface area contributed by atoms with E-state index in [1.54, 1.807) is 12.1 Å². The minimum absolute atomic E-state index is 0.0539. The van der Waals surface area contributed by atoms with E-state index in [0.717, 1.165) is 10.4 Å². The van der Waals surface area contributed by atoms with Crippen molar-refractivity contribution in [2.45, 2.75) is 26.7 Å². The quantitative estimate of drug-likeness (QED) is 0.692. The van der Waals surface area contributed by atoms with Gasteiger partial charge in [0.05, 0.1) is 5.39 Å². The van der Waals surface area contributed by atoms with E-state index in [0.29, 0.717) is 34.8 Å². The molecule has 1 aliphatic rings. The van der Waals surface area contributed by atoms with Gasteiger partial charge in [0.2, 0.25) is 11.8 Å². The number of piperazine rings is 1. The SMILES string of the molecule is Cc1sc2nc(CCC(=O)N3CCN(c4cccc(F)c4)C(=O)C3)[nH]c(=O)c2c1C. The molecule has 7 nitrogen and oxygen atoms in total. The van der Waals surface area contributed by atoms with Gasteiger partial charge in [0.1, 0.15) is 23.0 Å². The summed E-state index contributed by atoms with van der Waals surface area (Å²) in [5.41, 5.74) is 1.23. The van der Waals surface area contributed by atoms with Crippen molar-refractivity contribution in [3.63, 3.8) is 0 Å². The third kappa shape index (κ3) is 3.85. The molecular weight excluding hydrogens is 407 g/mol. The van der Waals surface area contributed by atoms with Gasteiger partial charge in [0.25, 0.3) is 5.56 Å². The summed E-state index contributed by atoms with van der Waals surface area (Å²) in [4.78, 5) is 49.4. The van der Waals surface area contributed by atoms with Crippen molar-refractivity contribution in [2.24, 2.45) is 0 Å². The number of H-pyrrole nitrogens is 1. The fraction of sp³-hybridized carbons (Fsp3) is 0.333. The second kappa shape index (κ2) is 7.98. The van der Waals surface area contributed by atoms with Crippen LogP contribution < -0.4 is 10.5 Å². The van der Waals surface area contributed by atoms with E-state index in [1.807, 2.05) is 13.8 Å². The van der Waals surface area contributed by atoms with Crippen LogP contribution in [0.1, 0.15) is 22.7 Å². The molecule has 0 saturated carbocycles. The topological polar surface area (TPSA) is 86.4 Å². The third-order valence-corrected chi connectivity index (χ3v) is 6.46. The lowest BCUT2D eigenvalue weighted by Crippen LogP contribution is -2.52. The van der Waals surface area contributed by atoms with Crippen molar-refractivity contribution in [1.82, 2.24) is 14.9 Å². The summed E-state index contributed by atoms with van der Waals surface area (Å²) in [6.45, 7) is 4.47. The number of aromatic nitrogens is 2. The molecule has 156 valence electrons. The van der Waals surface area contributed by atoms with Crippen molar-refractivity contribution >= 4 is 39.1 Å². The third-order valence-electron chi connectivity index (χ3n) is 5.36. The van der Waals surface area contributed by atoms with Gasteiger partial charge in [-0.3, -0.25) is 14.4 Å². The molecule has 0 unspecified atom stereocenters. The molecule has 0 bridgehead atoms. The van der Waals surface area contributed by atoms with E-state index in [2.05, 4.69) is 9.97 Å². The number of fused-ring (bicyclic) bond motifs is 1. The summed E-state index contributed by atoms with van der Waals surface area (Å²) < 4.78 is 13.4. The molecule has 1 aliphatic heterocycles. The average molecular weight is 428 g/mol. The van der Waals surface area contributed by atoms with Crippen LogP contribution in [-0.4, -0.2) is 46.3 Å². The molecule has 1 N–H and O–H groups in total. The summed E-state index contributed by atoms with van der Waals surface area (Å²) in [5.74, 6) is -0.374. The highest BCUT2D eigenvalue weighted by atomic mass is 32.1. The number of thiophene rings is 1. The Bertz CT molecular complexity index is 1200. The molecular formula is C21H21FN4O3S. The molecule has 0 spiro atoms. The van der Waals surface area contributed by atoms with E-state index in [4.69, 9.17) is 0 Å². The Kier molecular flexibility index (Phi) is 5.38. The normalized spacial score (nSPS) is 14.6. The maximum atomic E-state index is 13.4. The fourth-order valence-corrected chi connectivity index (χ4v) is 4.65. The van der Waals surface area contributed by atoms with Crippen molar-refractivity contribution in [3.8, 4) is 0 Å². The maximum absolute atomic E-state index is 13.4. The molecule has 9 heteroatoms. The lowest BCUT2D eigenvalue weighted by Gasteiger charge is -2.34. The standard InChI is InChI=1S/C21H21FN4O3S/c1-12-13(2)30-21-19(12)20(29)23-16(24-21)6-7-17(27)25-8-9-26(18(28)11-25)15-5-3-4-14(22)10-15/h3-5,10H,6-9,11H2,1-2H3,(H,23,24,29). The summed E-state index contributed by atoms with van der Waals surface area (Å²) in [6, 6.07) is 5.85. The largest absolute Gasteiger partial charge is 0.332 e. The van der Waals surface area contributed by atoms with Crippen molar-refractivity contribution in [2.75, 3.05) is 24.5 Å². The molecule has 1 fully saturated rings. The van der Waals surface area contributed by atoms with E-state index in [-0.39, 0.29) is 36.8 Å². The molecule has 3 aromatic rings. The number of nitrogens with zero attached hydrogens (tertiary/aromatic N) is 3. The van der Waals surface area contributed by atoms with E-state index < -0.39 is 5.82 Å². The molecule has 0 atom stereocenters. The molecule has 1 saturated heterocycles. The van der Waals surface area contributed by atoms with Crippen LogP contribution in [-0.2, 0) is 16.0 Å². The van der Waals surface area contributed by atoms with E-state index in [1.165, 1.54) is 33.3 Å². The van der Waals surface area contributed by atoms with E-state index in [9.17, 15) is 18.8 Å². The van der Waals surface area contributed by atoms with Crippen LogP contribution >= 0.6 is 11.3 Å². The molecule has 4 rings (SSSR count). The number of halogens is 1. The van der Waals surface area contributed by atoms with Gasteiger partial charge < -0.3 is 14.8 Å². The van der Waals surface area contributed by atoms with Crippen LogP contribution in [0.2, 0.25) is 0 Å². The Balaban J connectivity index is 1.40. The van der Waals surface area contributed by atoms with Crippen LogP contribution in [0.15, 0.2) is 29.1 Å². The number of anilines is 1. The highest BCUT2D eigenvalue weighted by Crippen LogP contribution is 2.26. The van der Waals surface area contributed by atoms with Crippen molar-refractivity contribution in [3.05, 3.63) is 56.7 Å². The van der Waals surface area contributed by atoms with Crippen molar-refractivity contribution < 1.29 is 14.0 Å². The number of carbonyl (C=O) groups is 2. The predicted octanol–water partition coefficient (Wildman–Crippen LogP) is 2.55. The van der Waals surface area contributed by atoms with Gasteiger partial charge in [-0.15, -0.1) is 11.3 Å². The number of aromatic amines is 1. The first-order valence-electron chi connectivity index (χ1n) is 9.66. The van der Waals surface area contributed by atoms with Gasteiger partial charge >= 0.3 is 0 Å². The number of hydrogen-bond acceptors (Lipinski definition) is 5. The summed E-state index contributed by atoms with van der Waals surface area (Å²) in [7, 11) is 0. The van der Waals surface area contributed by atoms with Gasteiger partial charge in [0.15, 0.2) is 0 Å². The Labute approximate surface area is 176 Å². The number of aryl methyl sites for hydroxylation is 3. The van der Waals surface area contributed by atoms with Crippen LogP contribution in [0, 0.1) is 19.7 Å². The Morgan fingerprint density at radius 3 is 2.80 bits per heavy atom. The van der Waals surface area contributed by atoms with Crippen LogP contribution in [0.3, 0.4) is 0 Å². The lowest BCUT2D eigenvalue weighted by molar-refractivity contribution is -0.136. The molecule has 2 aromatic heterocycles. The predicted molar refractivity (Wildman–Crippen MR) is 113 cm³/mol. The Hall–Kier alpha value is -3.07. The monoisotopic (exact) mass is 428 g/mol. The first-order valence-corrected chi connectivity index (χ1v) is 10.5. The first-order chi connectivity index (χ1) is 14.3. The smallest absolute Gasteiger partial charge is 0.259 e. The second-order valence-electron chi connectivity index (χ2n) is 7.32. The second-order valence-corrected chi connectivity index (χ2v) is 8.52. The van der Waals surface area contributed by atoms with E-state index >= 15 is 0 Å². The van der Waals surface area contributed by atoms with Gasteiger partial charge in [-0.25, -0.2) is 9.37 Å². The molecule has 30 heavy (non-hydrogen) atoms. The zero-order chi connectivity index (χ0) is 21.4. The van der Waals surface area contributed by atoms with Crippen LogP contribution in [0.5, 0.6) is 0 Å². The molecule has 2 amide bonds. The number of amides is 2. The minimum atomic E-state index is -0.409. The summed E-state index contributed by atoms with van der Waals surface area (Å²) in [6.07, 6.45) is 0.434. The number of hydrogen-bond donors (Lipinski definition) is 1.